The molecule has 1 aromatic rings. The molecule has 0 bridgehead atoms. The highest BCUT2D eigenvalue weighted by Crippen LogP contribution is 2.41. The molecule has 0 saturated heterocycles. The van der Waals surface area contributed by atoms with Gasteiger partial charge in [0.1, 0.15) is 11.4 Å². The predicted molar refractivity (Wildman–Crippen MR) is 77.5 cm³/mol. The van der Waals surface area contributed by atoms with Gasteiger partial charge in [0.25, 0.3) is 0 Å². The summed E-state index contributed by atoms with van der Waals surface area (Å²) < 4.78 is 13.4. The zero-order valence-electron chi connectivity index (χ0n) is 11.7. The Morgan fingerprint density at radius 3 is 2.65 bits per heavy atom. The number of aromatic carboxylic acids is 1. The maximum atomic E-state index is 13.4. The van der Waals surface area contributed by atoms with E-state index in [9.17, 15) is 14.3 Å². The highest BCUT2D eigenvalue weighted by atomic mass is 19.1. The van der Waals surface area contributed by atoms with Crippen LogP contribution in [-0.2, 0) is 0 Å². The summed E-state index contributed by atoms with van der Waals surface area (Å²) in [5, 5.41) is 12.4. The second kappa shape index (κ2) is 5.69. The summed E-state index contributed by atoms with van der Waals surface area (Å²) >= 11 is 0. The maximum absolute atomic E-state index is 13.4. The van der Waals surface area contributed by atoms with Crippen LogP contribution in [0.4, 0.5) is 15.8 Å². The number of anilines is 2. The molecule has 0 aliphatic heterocycles. The summed E-state index contributed by atoms with van der Waals surface area (Å²) in [6.07, 6.45) is 5.78. The van der Waals surface area contributed by atoms with Crippen LogP contribution in [0.15, 0.2) is 12.1 Å². The van der Waals surface area contributed by atoms with Crippen molar-refractivity contribution in [1.82, 2.24) is 0 Å². The van der Waals surface area contributed by atoms with E-state index >= 15 is 0 Å². The first-order valence-electron chi connectivity index (χ1n) is 7.04. The van der Waals surface area contributed by atoms with Crippen molar-refractivity contribution in [2.24, 2.45) is 5.41 Å². The van der Waals surface area contributed by atoms with E-state index in [0.29, 0.717) is 12.2 Å². The predicted octanol–water partition coefficient (Wildman–Crippen LogP) is 3.49. The molecule has 0 radical (unpaired) electrons. The van der Waals surface area contributed by atoms with E-state index < -0.39 is 11.8 Å². The molecule has 0 heterocycles. The quantitative estimate of drug-likeness (QED) is 0.722. The van der Waals surface area contributed by atoms with Gasteiger partial charge < -0.3 is 16.2 Å². The Bertz CT molecular complexity index is 511. The van der Waals surface area contributed by atoms with Crippen LogP contribution in [0, 0.1) is 11.2 Å². The second-order valence-corrected chi connectivity index (χ2v) is 5.60. The summed E-state index contributed by atoms with van der Waals surface area (Å²) in [7, 11) is 0. The summed E-state index contributed by atoms with van der Waals surface area (Å²) in [6, 6.07) is 2.66. The van der Waals surface area contributed by atoms with Crippen molar-refractivity contribution in [1.29, 1.82) is 0 Å². The van der Waals surface area contributed by atoms with Crippen LogP contribution in [0.25, 0.3) is 0 Å². The third-order valence-electron chi connectivity index (χ3n) is 4.47. The van der Waals surface area contributed by atoms with Gasteiger partial charge in [0.2, 0.25) is 0 Å². The highest BCUT2D eigenvalue weighted by Gasteiger charge is 2.32. The standard InChI is InChI=1S/C15H21FN2O2/c1-2-15(7-3-4-8-15)9-18-11-6-5-10(16)13(17)12(11)14(19)20/h5-6,18H,2-4,7-9,17H2,1H3,(H,19,20). The van der Waals surface area contributed by atoms with Gasteiger partial charge in [-0.25, -0.2) is 9.18 Å². The summed E-state index contributed by atoms with van der Waals surface area (Å²) in [5.41, 5.74) is 5.68. The zero-order valence-corrected chi connectivity index (χ0v) is 11.7. The lowest BCUT2D eigenvalue weighted by atomic mass is 9.83. The second-order valence-electron chi connectivity index (χ2n) is 5.60. The SMILES string of the molecule is CCC1(CNc2ccc(F)c(N)c2C(=O)O)CCCC1. The van der Waals surface area contributed by atoms with Gasteiger partial charge in [0.05, 0.1) is 11.4 Å². The lowest BCUT2D eigenvalue weighted by Gasteiger charge is -2.28. The van der Waals surface area contributed by atoms with Crippen molar-refractivity contribution < 1.29 is 14.3 Å². The molecule has 0 spiro atoms. The Hall–Kier alpha value is -1.78. The molecule has 2 rings (SSSR count). The molecule has 20 heavy (non-hydrogen) atoms. The summed E-state index contributed by atoms with van der Waals surface area (Å²) in [4.78, 5) is 11.3. The lowest BCUT2D eigenvalue weighted by molar-refractivity contribution is 0.0698. The molecule has 5 heteroatoms. The number of nitrogen functional groups attached to an aromatic ring is 1. The fourth-order valence-corrected chi connectivity index (χ4v) is 3.03. The van der Waals surface area contributed by atoms with Gasteiger partial charge in [0.15, 0.2) is 0 Å². The van der Waals surface area contributed by atoms with E-state index in [0.717, 1.165) is 19.3 Å². The molecule has 4 N–H and O–H groups in total. The van der Waals surface area contributed by atoms with Gasteiger partial charge in [0, 0.05) is 6.54 Å². The number of nitrogens with one attached hydrogen (secondary N) is 1. The molecule has 1 aliphatic carbocycles. The summed E-state index contributed by atoms with van der Waals surface area (Å²) in [6.45, 7) is 2.86. The molecular formula is C15H21FN2O2. The van der Waals surface area contributed by atoms with E-state index in [1.54, 1.807) is 0 Å². The fraction of sp³-hybridized carbons (Fsp3) is 0.533. The Balaban J connectivity index is 2.21. The van der Waals surface area contributed by atoms with Crippen molar-refractivity contribution in [3.63, 3.8) is 0 Å². The van der Waals surface area contributed by atoms with Crippen LogP contribution < -0.4 is 11.1 Å². The minimum atomic E-state index is -1.21. The van der Waals surface area contributed by atoms with Crippen molar-refractivity contribution in [2.45, 2.75) is 39.0 Å². The molecule has 4 nitrogen and oxygen atoms in total. The van der Waals surface area contributed by atoms with Crippen molar-refractivity contribution in [3.8, 4) is 0 Å². The molecule has 0 unspecified atom stereocenters. The first kappa shape index (κ1) is 14.6. The number of hydrogen-bond acceptors (Lipinski definition) is 3. The number of rotatable bonds is 5. The number of carbonyl (C=O) groups is 1. The molecule has 1 fully saturated rings. The molecule has 0 aromatic heterocycles. The van der Waals surface area contributed by atoms with Crippen LogP contribution >= 0.6 is 0 Å². The molecule has 0 amide bonds. The number of carboxylic acids is 1. The van der Waals surface area contributed by atoms with E-state index in [-0.39, 0.29) is 16.7 Å². The van der Waals surface area contributed by atoms with E-state index in [1.807, 2.05) is 0 Å². The number of benzene rings is 1. The Kier molecular flexibility index (Phi) is 4.16. The zero-order chi connectivity index (χ0) is 14.8. The van der Waals surface area contributed by atoms with Gasteiger partial charge in [-0.3, -0.25) is 0 Å². The minimum absolute atomic E-state index is 0.172. The Labute approximate surface area is 118 Å². The molecule has 1 aliphatic rings. The average molecular weight is 280 g/mol. The van der Waals surface area contributed by atoms with Gasteiger partial charge >= 0.3 is 5.97 Å². The third-order valence-corrected chi connectivity index (χ3v) is 4.47. The van der Waals surface area contributed by atoms with E-state index in [1.165, 1.54) is 25.0 Å². The fourth-order valence-electron chi connectivity index (χ4n) is 3.03. The van der Waals surface area contributed by atoms with Gasteiger partial charge in [-0.05, 0) is 36.8 Å². The summed E-state index contributed by atoms with van der Waals surface area (Å²) in [5.74, 6) is -1.90. The molecule has 0 atom stereocenters. The maximum Gasteiger partial charge on any atom is 0.340 e. The number of halogens is 1. The average Bonchev–Trinajstić information content (AvgIpc) is 2.89. The Morgan fingerprint density at radius 1 is 1.45 bits per heavy atom. The van der Waals surface area contributed by atoms with Gasteiger partial charge in [-0.2, -0.15) is 0 Å². The van der Waals surface area contributed by atoms with Crippen molar-refractivity contribution in [2.75, 3.05) is 17.6 Å². The van der Waals surface area contributed by atoms with Crippen LogP contribution in [0.3, 0.4) is 0 Å². The van der Waals surface area contributed by atoms with Crippen molar-refractivity contribution >= 4 is 17.3 Å². The largest absolute Gasteiger partial charge is 0.478 e. The van der Waals surface area contributed by atoms with Crippen LogP contribution in [0.2, 0.25) is 0 Å². The molecule has 110 valence electrons. The lowest BCUT2D eigenvalue weighted by Crippen LogP contribution is -2.26. The smallest absolute Gasteiger partial charge is 0.340 e. The first-order valence-corrected chi connectivity index (χ1v) is 7.04. The van der Waals surface area contributed by atoms with Gasteiger partial charge in [-0.1, -0.05) is 19.8 Å². The minimum Gasteiger partial charge on any atom is -0.478 e. The highest BCUT2D eigenvalue weighted by molar-refractivity contribution is 6.00. The molecule has 1 aromatic carbocycles. The normalized spacial score (nSPS) is 17.1. The van der Waals surface area contributed by atoms with E-state index in [4.69, 9.17) is 5.73 Å². The molecular weight excluding hydrogens is 259 g/mol. The topological polar surface area (TPSA) is 75.3 Å². The van der Waals surface area contributed by atoms with Crippen LogP contribution in [0.5, 0.6) is 0 Å². The number of nitrogens with two attached hydrogens (primary N) is 1. The number of hydrogen-bond donors (Lipinski definition) is 3. The molecule has 1 saturated carbocycles. The third kappa shape index (κ3) is 2.71. The van der Waals surface area contributed by atoms with E-state index in [2.05, 4.69) is 12.2 Å². The first-order chi connectivity index (χ1) is 9.49. The monoisotopic (exact) mass is 280 g/mol. The van der Waals surface area contributed by atoms with Gasteiger partial charge in [-0.15, -0.1) is 0 Å². The number of carboxylic acid groups (broad SMARTS) is 1. The van der Waals surface area contributed by atoms with Crippen LogP contribution in [0.1, 0.15) is 49.4 Å². The van der Waals surface area contributed by atoms with Crippen LogP contribution in [-0.4, -0.2) is 17.6 Å². The van der Waals surface area contributed by atoms with Crippen molar-refractivity contribution in [3.05, 3.63) is 23.5 Å². The Morgan fingerprint density at radius 2 is 2.10 bits per heavy atom.